The van der Waals surface area contributed by atoms with E-state index in [1.165, 1.54) is 17.3 Å². The summed E-state index contributed by atoms with van der Waals surface area (Å²) < 4.78 is 8.09. The maximum Gasteiger partial charge on any atom is 0.232 e. The first kappa shape index (κ1) is 26.5. The predicted octanol–water partition coefficient (Wildman–Crippen LogP) is 6.98. The van der Waals surface area contributed by atoms with Crippen LogP contribution in [0.1, 0.15) is 30.0 Å². The molecule has 0 spiro atoms. The average Bonchev–Trinajstić information content (AvgIpc) is 3.36. The lowest BCUT2D eigenvalue weighted by molar-refractivity contribution is -0.115. The molecule has 1 aliphatic rings. The zero-order valence-electron chi connectivity index (χ0n) is 21.7. The highest BCUT2D eigenvalue weighted by Crippen LogP contribution is 2.41. The van der Waals surface area contributed by atoms with Gasteiger partial charge in [0.05, 0.1) is 19.4 Å². The molecule has 0 aliphatic heterocycles. The highest BCUT2D eigenvalue weighted by Gasteiger charge is 2.32. The van der Waals surface area contributed by atoms with Crippen molar-refractivity contribution in [2.45, 2.75) is 41.8 Å². The summed E-state index contributed by atoms with van der Waals surface area (Å²) in [6.45, 7) is 1.35. The number of benzene rings is 3. The Morgan fingerprint density at radius 1 is 0.950 bits per heavy atom. The van der Waals surface area contributed by atoms with Crippen LogP contribution in [0.5, 0.6) is 0 Å². The molecular formula is C31H28ClN5O2S. The minimum atomic E-state index is -0.168. The van der Waals surface area contributed by atoms with Gasteiger partial charge in [0.1, 0.15) is 10.5 Å². The van der Waals surface area contributed by atoms with Crippen molar-refractivity contribution in [1.29, 1.82) is 0 Å². The van der Waals surface area contributed by atoms with Gasteiger partial charge >= 0.3 is 0 Å². The molecule has 202 valence electrons. The fraction of sp³-hybridized carbons (Fsp3) is 0.226. The third kappa shape index (κ3) is 6.36. The Labute approximate surface area is 242 Å². The van der Waals surface area contributed by atoms with Gasteiger partial charge < -0.3 is 9.30 Å². The molecule has 1 amide bonds. The van der Waals surface area contributed by atoms with Gasteiger partial charge in [-0.05, 0) is 54.2 Å². The van der Waals surface area contributed by atoms with Crippen molar-refractivity contribution < 1.29 is 9.53 Å². The van der Waals surface area contributed by atoms with E-state index in [-0.39, 0.29) is 24.3 Å². The van der Waals surface area contributed by atoms with Crippen LogP contribution in [-0.2, 0) is 22.6 Å². The molecule has 1 saturated carbocycles. The molecule has 0 saturated heterocycles. The van der Waals surface area contributed by atoms with E-state index in [0.717, 1.165) is 35.6 Å². The topological polar surface area (TPSA) is 81.9 Å². The quantitative estimate of drug-likeness (QED) is 0.183. The standard InChI is InChI=1S/C31H28ClN5O2S/c32-24-11-13-26(14-12-24)40-30-28-29(35-31(36-30)34-27(38)17-21-7-3-1-4-8-21)37(20-33-28)25-15-23(16-25)19-39-18-22-9-5-2-6-10-22/h1-14,20,23,25H,15-19H2,(H,34,35,36,38). The molecular weight excluding hydrogens is 542 g/mol. The van der Waals surface area contributed by atoms with Gasteiger partial charge in [-0.15, -0.1) is 0 Å². The largest absolute Gasteiger partial charge is 0.376 e. The minimum absolute atomic E-state index is 0.168. The first-order valence-electron chi connectivity index (χ1n) is 13.2. The number of nitrogens with one attached hydrogen (secondary N) is 1. The number of imidazole rings is 1. The SMILES string of the molecule is O=C(Cc1ccccc1)Nc1nc(Sc2ccc(Cl)cc2)c2ncn(C3CC(COCc4ccccc4)C3)c2n1. The minimum Gasteiger partial charge on any atom is -0.376 e. The molecule has 40 heavy (non-hydrogen) atoms. The van der Waals surface area contributed by atoms with Crippen LogP contribution < -0.4 is 5.32 Å². The van der Waals surface area contributed by atoms with Crippen LogP contribution in [0.2, 0.25) is 5.02 Å². The van der Waals surface area contributed by atoms with E-state index in [9.17, 15) is 4.79 Å². The second-order valence-electron chi connectivity index (χ2n) is 9.93. The average molecular weight is 570 g/mol. The van der Waals surface area contributed by atoms with Gasteiger partial charge in [0, 0.05) is 22.6 Å². The fourth-order valence-corrected chi connectivity index (χ4v) is 5.82. The number of halogens is 1. The Morgan fingerprint density at radius 2 is 1.65 bits per heavy atom. The third-order valence-corrected chi connectivity index (χ3v) is 8.18. The van der Waals surface area contributed by atoms with E-state index in [4.69, 9.17) is 31.3 Å². The number of amides is 1. The number of carbonyl (C=O) groups excluding carboxylic acids is 1. The number of hydrogen-bond donors (Lipinski definition) is 1. The third-order valence-electron chi connectivity index (χ3n) is 6.95. The summed E-state index contributed by atoms with van der Waals surface area (Å²) in [6, 6.07) is 27.7. The first-order valence-corrected chi connectivity index (χ1v) is 14.4. The molecule has 6 rings (SSSR count). The number of fused-ring (bicyclic) bond motifs is 1. The molecule has 1 fully saturated rings. The second kappa shape index (κ2) is 12.2. The van der Waals surface area contributed by atoms with Crippen molar-refractivity contribution >= 4 is 46.4 Å². The lowest BCUT2D eigenvalue weighted by Gasteiger charge is -2.36. The summed E-state index contributed by atoms with van der Waals surface area (Å²) in [4.78, 5) is 28.0. The Balaban J connectivity index is 1.19. The number of ether oxygens (including phenoxy) is 1. The van der Waals surface area contributed by atoms with E-state index in [2.05, 4.69) is 22.0 Å². The molecule has 1 N–H and O–H groups in total. The van der Waals surface area contributed by atoms with E-state index in [1.807, 2.05) is 79.1 Å². The van der Waals surface area contributed by atoms with Crippen molar-refractivity contribution in [3.8, 4) is 0 Å². The molecule has 0 radical (unpaired) electrons. The van der Waals surface area contributed by atoms with E-state index >= 15 is 0 Å². The zero-order chi connectivity index (χ0) is 27.3. The molecule has 0 unspecified atom stereocenters. The van der Waals surface area contributed by atoms with Crippen LogP contribution in [0, 0.1) is 5.92 Å². The summed E-state index contributed by atoms with van der Waals surface area (Å²) in [7, 11) is 0. The van der Waals surface area contributed by atoms with Crippen LogP contribution in [0.25, 0.3) is 11.2 Å². The molecule has 0 atom stereocenters. The summed E-state index contributed by atoms with van der Waals surface area (Å²) >= 11 is 7.56. The molecule has 0 bridgehead atoms. The van der Waals surface area contributed by atoms with Crippen LogP contribution in [-0.4, -0.2) is 32.0 Å². The summed E-state index contributed by atoms with van der Waals surface area (Å²) in [5.41, 5.74) is 3.54. The van der Waals surface area contributed by atoms with E-state index in [0.29, 0.717) is 28.1 Å². The van der Waals surface area contributed by atoms with Crippen molar-refractivity contribution in [2.75, 3.05) is 11.9 Å². The van der Waals surface area contributed by atoms with Crippen molar-refractivity contribution in [1.82, 2.24) is 19.5 Å². The molecule has 7 nitrogen and oxygen atoms in total. The van der Waals surface area contributed by atoms with Crippen LogP contribution in [0.15, 0.2) is 101 Å². The summed E-state index contributed by atoms with van der Waals surface area (Å²) in [5, 5.41) is 4.26. The van der Waals surface area contributed by atoms with Crippen molar-refractivity contribution in [2.24, 2.45) is 5.92 Å². The monoisotopic (exact) mass is 569 g/mol. The van der Waals surface area contributed by atoms with Crippen LogP contribution >= 0.6 is 23.4 Å². The normalized spacial score (nSPS) is 16.5. The van der Waals surface area contributed by atoms with Gasteiger partial charge in [-0.3, -0.25) is 10.1 Å². The Kier molecular flexibility index (Phi) is 8.09. The maximum atomic E-state index is 12.8. The van der Waals surface area contributed by atoms with E-state index in [1.54, 1.807) is 0 Å². The smallest absolute Gasteiger partial charge is 0.232 e. The van der Waals surface area contributed by atoms with Crippen molar-refractivity contribution in [3.05, 3.63) is 107 Å². The van der Waals surface area contributed by atoms with Crippen LogP contribution in [0.4, 0.5) is 5.95 Å². The fourth-order valence-electron chi connectivity index (χ4n) is 4.83. The number of nitrogens with zero attached hydrogens (tertiary/aromatic N) is 4. The zero-order valence-corrected chi connectivity index (χ0v) is 23.3. The van der Waals surface area contributed by atoms with Gasteiger partial charge in [-0.25, -0.2) is 9.97 Å². The lowest BCUT2D eigenvalue weighted by atomic mass is 9.80. The van der Waals surface area contributed by atoms with Crippen LogP contribution in [0.3, 0.4) is 0 Å². The molecule has 2 aromatic heterocycles. The Bertz CT molecular complexity index is 1590. The number of aromatic nitrogens is 4. The summed E-state index contributed by atoms with van der Waals surface area (Å²) in [6.07, 6.45) is 4.06. The number of carbonyl (C=O) groups is 1. The van der Waals surface area contributed by atoms with Gasteiger partial charge in [0.15, 0.2) is 5.65 Å². The maximum absolute atomic E-state index is 12.8. The number of rotatable bonds is 10. The first-order chi connectivity index (χ1) is 19.6. The van der Waals surface area contributed by atoms with E-state index < -0.39 is 0 Å². The Morgan fingerprint density at radius 3 is 2.38 bits per heavy atom. The molecule has 1 aliphatic carbocycles. The molecule has 5 aromatic rings. The predicted molar refractivity (Wildman–Crippen MR) is 158 cm³/mol. The highest BCUT2D eigenvalue weighted by molar-refractivity contribution is 7.99. The van der Waals surface area contributed by atoms with Crippen molar-refractivity contribution in [3.63, 3.8) is 0 Å². The van der Waals surface area contributed by atoms with Gasteiger partial charge in [0.2, 0.25) is 11.9 Å². The second-order valence-corrected chi connectivity index (χ2v) is 11.4. The van der Waals surface area contributed by atoms with Gasteiger partial charge in [0.25, 0.3) is 0 Å². The lowest BCUT2D eigenvalue weighted by Crippen LogP contribution is -2.30. The van der Waals surface area contributed by atoms with Gasteiger partial charge in [-0.2, -0.15) is 4.98 Å². The summed E-state index contributed by atoms with van der Waals surface area (Å²) in [5.74, 6) is 0.591. The highest BCUT2D eigenvalue weighted by atomic mass is 35.5. The van der Waals surface area contributed by atoms with Gasteiger partial charge in [-0.1, -0.05) is 84.0 Å². The molecule has 3 aromatic carbocycles. The number of anilines is 1. The Hall–Kier alpha value is -3.72. The molecule has 9 heteroatoms. The molecule has 2 heterocycles. The number of hydrogen-bond acceptors (Lipinski definition) is 6.